The Morgan fingerprint density at radius 1 is 0.938 bits per heavy atom. The first-order chi connectivity index (χ1) is 23.4. The molecule has 1 atom stereocenters. The molecule has 0 radical (unpaired) electrons. The number of hydrogen-bond acceptors (Lipinski definition) is 6. The zero-order chi connectivity index (χ0) is 33.4. The molecule has 240 valence electrons. The summed E-state index contributed by atoms with van der Waals surface area (Å²) in [4.78, 5) is 37.6. The van der Waals surface area contributed by atoms with Crippen molar-refractivity contribution in [1.29, 1.82) is 0 Å². The minimum absolute atomic E-state index is 0.195. The van der Waals surface area contributed by atoms with E-state index in [0.717, 1.165) is 38.9 Å². The van der Waals surface area contributed by atoms with Crippen LogP contribution in [0.5, 0.6) is 5.75 Å². The van der Waals surface area contributed by atoms with Crippen LogP contribution in [-0.2, 0) is 9.53 Å². The van der Waals surface area contributed by atoms with Gasteiger partial charge in [0.25, 0.3) is 5.56 Å². The fraction of sp³-hybridized carbons (Fsp3) is 0.175. The van der Waals surface area contributed by atoms with Gasteiger partial charge < -0.3 is 14.5 Å². The van der Waals surface area contributed by atoms with Crippen LogP contribution in [0.4, 0.5) is 0 Å². The van der Waals surface area contributed by atoms with Crippen molar-refractivity contribution in [1.82, 2.24) is 9.55 Å². The largest absolute Gasteiger partial charge is 0.495 e. The van der Waals surface area contributed by atoms with Gasteiger partial charge in [0.15, 0.2) is 4.80 Å². The number of benzene rings is 4. The number of hydrogen-bond donors (Lipinski definition) is 1. The molecule has 0 saturated carbocycles. The Morgan fingerprint density at radius 3 is 2.27 bits per heavy atom. The number of H-pyrrole nitrogens is 1. The second-order valence-corrected chi connectivity index (χ2v) is 12.9. The van der Waals surface area contributed by atoms with Crippen molar-refractivity contribution in [3.63, 3.8) is 0 Å². The molecule has 2 aromatic heterocycles. The van der Waals surface area contributed by atoms with E-state index >= 15 is 0 Å². The van der Waals surface area contributed by atoms with Crippen LogP contribution < -0.4 is 19.6 Å². The van der Waals surface area contributed by atoms with Crippen LogP contribution in [0.15, 0.2) is 118 Å². The number of rotatable bonds is 8. The molecule has 1 aliphatic heterocycles. The van der Waals surface area contributed by atoms with Crippen molar-refractivity contribution in [2.24, 2.45) is 4.99 Å². The summed E-state index contributed by atoms with van der Waals surface area (Å²) in [6.07, 6.45) is 1.93. The fourth-order valence-electron chi connectivity index (χ4n) is 6.31. The molecule has 0 bridgehead atoms. The van der Waals surface area contributed by atoms with Crippen LogP contribution in [-0.4, -0.2) is 29.2 Å². The van der Waals surface area contributed by atoms with Gasteiger partial charge >= 0.3 is 5.97 Å². The lowest BCUT2D eigenvalue weighted by Gasteiger charge is -2.26. The number of carbonyl (C=O) groups is 1. The number of esters is 1. The summed E-state index contributed by atoms with van der Waals surface area (Å²) in [5.74, 6) is 0.541. The molecule has 0 unspecified atom stereocenters. The highest BCUT2D eigenvalue weighted by Gasteiger charge is 2.35. The van der Waals surface area contributed by atoms with Crippen molar-refractivity contribution in [2.45, 2.75) is 32.7 Å². The topological polar surface area (TPSA) is 85.7 Å². The zero-order valence-corrected chi connectivity index (χ0v) is 28.0. The highest BCUT2D eigenvalue weighted by molar-refractivity contribution is 7.07. The van der Waals surface area contributed by atoms with Gasteiger partial charge in [0.1, 0.15) is 5.75 Å². The molecule has 0 amide bonds. The molecule has 0 aliphatic carbocycles. The highest BCUT2D eigenvalue weighted by atomic mass is 32.1. The third kappa shape index (κ3) is 5.48. The van der Waals surface area contributed by atoms with Crippen LogP contribution in [0.25, 0.3) is 33.9 Å². The lowest BCUT2D eigenvalue weighted by molar-refractivity contribution is -0.138. The smallest absolute Gasteiger partial charge is 0.338 e. The molecule has 8 heteroatoms. The van der Waals surface area contributed by atoms with Crippen molar-refractivity contribution >= 4 is 40.0 Å². The van der Waals surface area contributed by atoms with E-state index in [1.165, 1.54) is 16.9 Å². The maximum Gasteiger partial charge on any atom is 0.338 e. The third-order valence-electron chi connectivity index (χ3n) is 8.69. The van der Waals surface area contributed by atoms with Crippen LogP contribution in [0.1, 0.15) is 55.0 Å². The standard InChI is InChI=1S/C40H35N3O4S/c1-5-47-39(45)33-35(27-15-10-7-11-16-27)42-40-43(37(33)28-21-19-25(20-22-28)24(2)3)38(44)32(48-40)23-30-29-17-12-18-31(46-4)36(29)41-34(30)26-13-8-6-9-14-26/h6-24,37,41H,5H2,1-4H3/b32-23-/t37-/m1/s1. The number of ether oxygens (including phenoxy) is 2. The second kappa shape index (κ2) is 13.0. The highest BCUT2D eigenvalue weighted by Crippen LogP contribution is 2.37. The molecule has 1 N–H and O–H groups in total. The lowest BCUT2D eigenvalue weighted by atomic mass is 9.91. The molecule has 3 heterocycles. The molecule has 48 heavy (non-hydrogen) atoms. The summed E-state index contributed by atoms with van der Waals surface area (Å²) in [5.41, 5.74) is 6.91. The van der Waals surface area contributed by atoms with Crippen molar-refractivity contribution in [2.75, 3.05) is 13.7 Å². The average Bonchev–Trinajstić information content (AvgIpc) is 3.65. The van der Waals surface area contributed by atoms with Crippen molar-refractivity contribution in [3.8, 4) is 17.0 Å². The van der Waals surface area contributed by atoms with Gasteiger partial charge in [-0.05, 0) is 41.7 Å². The molecule has 0 saturated heterocycles. The number of carbonyl (C=O) groups excluding carboxylic acids is 1. The number of thiazole rings is 1. The number of methoxy groups -OCH3 is 1. The number of para-hydroxylation sites is 1. The van der Waals surface area contributed by atoms with E-state index in [4.69, 9.17) is 14.5 Å². The summed E-state index contributed by atoms with van der Waals surface area (Å²) in [5, 5.41) is 0.928. The minimum atomic E-state index is -0.740. The van der Waals surface area contributed by atoms with Crippen LogP contribution in [0, 0.1) is 0 Å². The SMILES string of the molecule is CCOC(=O)C1=C(c2ccccc2)N=c2s/c(=C\c3c(-c4ccccc4)[nH]c4c(OC)cccc34)c(=O)n2[C@@H]1c1ccc(C(C)C)cc1. The molecule has 0 fully saturated rings. The molecule has 6 aromatic rings. The van der Waals surface area contributed by atoms with E-state index < -0.39 is 12.0 Å². The quantitative estimate of drug-likeness (QED) is 0.176. The first-order valence-corrected chi connectivity index (χ1v) is 16.8. The van der Waals surface area contributed by atoms with Gasteiger partial charge in [-0.3, -0.25) is 9.36 Å². The van der Waals surface area contributed by atoms with Gasteiger partial charge in [-0.15, -0.1) is 0 Å². The Kier molecular flexibility index (Phi) is 8.41. The first-order valence-electron chi connectivity index (χ1n) is 16.0. The van der Waals surface area contributed by atoms with Crippen LogP contribution in [0.2, 0.25) is 0 Å². The Balaban J connectivity index is 1.53. The third-order valence-corrected chi connectivity index (χ3v) is 9.67. The van der Waals surface area contributed by atoms with Crippen LogP contribution in [0.3, 0.4) is 0 Å². The van der Waals surface area contributed by atoms with E-state index in [-0.39, 0.29) is 12.2 Å². The predicted octanol–water partition coefficient (Wildman–Crippen LogP) is 7.22. The Hall–Kier alpha value is -5.47. The van der Waals surface area contributed by atoms with Gasteiger partial charge in [0, 0.05) is 16.5 Å². The Morgan fingerprint density at radius 2 is 1.62 bits per heavy atom. The molecular formula is C40H35N3O4S. The van der Waals surface area contributed by atoms with Crippen molar-refractivity contribution in [3.05, 3.63) is 151 Å². The fourth-order valence-corrected chi connectivity index (χ4v) is 7.30. The van der Waals surface area contributed by atoms with E-state index in [1.54, 1.807) is 18.6 Å². The van der Waals surface area contributed by atoms with Gasteiger partial charge in [-0.25, -0.2) is 9.79 Å². The van der Waals surface area contributed by atoms with Gasteiger partial charge in [0.2, 0.25) is 0 Å². The van der Waals surface area contributed by atoms with Crippen molar-refractivity contribution < 1.29 is 14.3 Å². The summed E-state index contributed by atoms with van der Waals surface area (Å²) < 4.78 is 13.5. The molecule has 7 nitrogen and oxygen atoms in total. The summed E-state index contributed by atoms with van der Waals surface area (Å²) in [7, 11) is 1.65. The lowest BCUT2D eigenvalue weighted by Crippen LogP contribution is -2.40. The van der Waals surface area contributed by atoms with Gasteiger partial charge in [-0.2, -0.15) is 0 Å². The molecule has 4 aromatic carbocycles. The predicted molar refractivity (Wildman–Crippen MR) is 192 cm³/mol. The maximum absolute atomic E-state index is 14.6. The van der Waals surface area contributed by atoms with E-state index in [2.05, 4.69) is 31.0 Å². The van der Waals surface area contributed by atoms with Gasteiger partial charge in [-0.1, -0.05) is 122 Å². The number of aromatic amines is 1. The summed E-state index contributed by atoms with van der Waals surface area (Å²) in [6.45, 7) is 6.25. The Labute approximate surface area is 282 Å². The number of nitrogens with zero attached hydrogens (tertiary/aromatic N) is 2. The Bertz CT molecular complexity index is 2350. The zero-order valence-electron chi connectivity index (χ0n) is 27.2. The normalized spacial score (nSPS) is 14.7. The second-order valence-electron chi connectivity index (χ2n) is 11.9. The molecule has 7 rings (SSSR count). The number of nitrogens with one attached hydrogen (secondary N) is 1. The minimum Gasteiger partial charge on any atom is -0.495 e. The van der Waals surface area contributed by atoms with E-state index in [9.17, 15) is 9.59 Å². The number of fused-ring (bicyclic) bond motifs is 2. The molecule has 1 aliphatic rings. The first kappa shape index (κ1) is 31.1. The number of aromatic nitrogens is 2. The average molecular weight is 654 g/mol. The van der Waals surface area contributed by atoms with E-state index in [1.807, 2.05) is 97.1 Å². The monoisotopic (exact) mass is 653 g/mol. The summed E-state index contributed by atoms with van der Waals surface area (Å²) >= 11 is 1.31. The molecule has 0 spiro atoms. The van der Waals surface area contributed by atoms with Gasteiger partial charge in [0.05, 0.1) is 46.8 Å². The van der Waals surface area contributed by atoms with Crippen LogP contribution >= 0.6 is 11.3 Å². The summed E-state index contributed by atoms with van der Waals surface area (Å²) in [6, 6.07) is 32.9. The molecular weight excluding hydrogens is 619 g/mol. The van der Waals surface area contributed by atoms with E-state index in [0.29, 0.717) is 32.3 Å². The maximum atomic E-state index is 14.6.